The van der Waals surface area contributed by atoms with Crippen LogP contribution in [0.5, 0.6) is 5.75 Å². The summed E-state index contributed by atoms with van der Waals surface area (Å²) in [4.78, 5) is 2.37. The molecule has 6 nitrogen and oxygen atoms in total. The minimum Gasteiger partial charge on any atom is -0.496 e. The summed E-state index contributed by atoms with van der Waals surface area (Å²) in [5, 5.41) is 11.8. The molecule has 2 aromatic carbocycles. The topological polar surface area (TPSA) is 67.8 Å². The molecule has 0 atom stereocenters. The Morgan fingerprint density at radius 3 is 2.56 bits per heavy atom. The van der Waals surface area contributed by atoms with Gasteiger partial charge in [-0.1, -0.05) is 12.1 Å². The van der Waals surface area contributed by atoms with E-state index in [1.54, 1.807) is 29.7 Å². The van der Waals surface area contributed by atoms with Crippen LogP contribution < -0.4 is 10.1 Å². The Balaban J connectivity index is 1.84. The average molecular weight is 445 g/mol. The van der Waals surface area contributed by atoms with E-state index >= 15 is 4.39 Å². The number of hydrogen-bond acceptors (Lipinski definition) is 4. The largest absolute Gasteiger partial charge is 0.496 e. The maximum Gasteiger partial charge on any atom is 0.431 e. The smallest absolute Gasteiger partial charge is 0.431 e. The number of aryl methyl sites for hydroxylation is 1. The number of nitrogens with one attached hydrogen (secondary N) is 2. The van der Waals surface area contributed by atoms with Gasteiger partial charge in [0.25, 0.3) is 0 Å². The summed E-state index contributed by atoms with van der Waals surface area (Å²) in [7, 11) is 1.40. The van der Waals surface area contributed by atoms with Crippen molar-refractivity contribution < 1.29 is 22.3 Å². The molecule has 0 spiro atoms. The Labute approximate surface area is 180 Å². The summed E-state index contributed by atoms with van der Waals surface area (Å²) in [5.74, 6) is 0.566. The first-order chi connectivity index (χ1) is 15.0. The van der Waals surface area contributed by atoms with Gasteiger partial charge >= 0.3 is 6.18 Å². The Bertz CT molecular complexity index is 1380. The third-order valence-electron chi connectivity index (χ3n) is 5.72. The highest BCUT2D eigenvalue weighted by Gasteiger charge is 2.38. The van der Waals surface area contributed by atoms with Crippen molar-refractivity contribution in [3.05, 3.63) is 53.5 Å². The molecule has 3 heterocycles. The number of halogens is 4. The van der Waals surface area contributed by atoms with Gasteiger partial charge in [0.2, 0.25) is 0 Å². The summed E-state index contributed by atoms with van der Waals surface area (Å²) in [5.41, 5.74) is -0.280. The van der Waals surface area contributed by atoms with E-state index in [2.05, 4.69) is 20.5 Å². The maximum atomic E-state index is 16.2. The highest BCUT2D eigenvalue weighted by Crippen LogP contribution is 2.47. The van der Waals surface area contributed by atoms with Crippen LogP contribution in [-0.4, -0.2) is 26.9 Å². The van der Waals surface area contributed by atoms with E-state index in [0.717, 1.165) is 6.07 Å². The van der Waals surface area contributed by atoms with Crippen LogP contribution in [0.15, 0.2) is 30.3 Å². The molecule has 166 valence electrons. The van der Waals surface area contributed by atoms with Crippen molar-refractivity contribution in [2.75, 3.05) is 12.4 Å². The summed E-state index contributed by atoms with van der Waals surface area (Å²) < 4.78 is 63.2. The van der Waals surface area contributed by atoms with Crippen LogP contribution in [0.2, 0.25) is 0 Å². The number of anilines is 1. The predicted molar refractivity (Wildman–Crippen MR) is 112 cm³/mol. The molecule has 0 radical (unpaired) electrons. The van der Waals surface area contributed by atoms with E-state index in [-0.39, 0.29) is 33.5 Å². The summed E-state index contributed by atoms with van der Waals surface area (Å²) >= 11 is 0. The van der Waals surface area contributed by atoms with Gasteiger partial charge in [-0.25, -0.2) is 4.39 Å². The maximum absolute atomic E-state index is 16.2. The zero-order chi connectivity index (χ0) is 23.0. The van der Waals surface area contributed by atoms with Crippen molar-refractivity contribution >= 4 is 16.6 Å². The van der Waals surface area contributed by atoms with Gasteiger partial charge < -0.3 is 15.0 Å². The van der Waals surface area contributed by atoms with Gasteiger partial charge in [-0.05, 0) is 38.5 Å². The Kier molecular flexibility index (Phi) is 4.12. The Morgan fingerprint density at radius 2 is 1.88 bits per heavy atom. The number of aromatic amines is 1. The zero-order valence-corrected chi connectivity index (χ0v) is 17.6. The van der Waals surface area contributed by atoms with E-state index in [4.69, 9.17) is 4.74 Å². The van der Waals surface area contributed by atoms with Gasteiger partial charge in [0.15, 0.2) is 11.6 Å². The van der Waals surface area contributed by atoms with Gasteiger partial charge in [0.05, 0.1) is 23.9 Å². The quantitative estimate of drug-likeness (QED) is 0.397. The van der Waals surface area contributed by atoms with E-state index in [1.807, 2.05) is 13.8 Å². The molecule has 0 saturated carbocycles. The first kappa shape index (κ1) is 20.3. The van der Waals surface area contributed by atoms with Crippen LogP contribution in [0.4, 0.5) is 23.2 Å². The summed E-state index contributed by atoms with van der Waals surface area (Å²) in [6.45, 7) is 5.51. The molecule has 0 saturated heterocycles. The number of methoxy groups -OCH3 is 1. The lowest BCUT2D eigenvalue weighted by atomic mass is 9.95. The summed E-state index contributed by atoms with van der Waals surface area (Å²) in [6.07, 6.45) is -4.56. The minimum atomic E-state index is -4.56. The van der Waals surface area contributed by atoms with E-state index in [9.17, 15) is 13.2 Å². The standard InChI is InChI=1S/C22H19F4N5O/c1-10-29-30-20-21(2,3)28-14-9-15(32-4)17(18(23)19(14)31(10)20)11-6-5-7-13-12(11)8-16(27-13)22(24,25)26/h5-9,27-28H,1-4H3. The molecule has 5 rings (SSSR count). The lowest BCUT2D eigenvalue weighted by Gasteiger charge is -2.34. The molecule has 0 amide bonds. The zero-order valence-electron chi connectivity index (χ0n) is 17.6. The number of rotatable bonds is 2. The second-order valence-corrected chi connectivity index (χ2v) is 8.27. The number of nitrogens with zero attached hydrogens (tertiary/aromatic N) is 3. The lowest BCUT2D eigenvalue weighted by Crippen LogP contribution is -2.36. The van der Waals surface area contributed by atoms with Crippen LogP contribution in [-0.2, 0) is 11.7 Å². The molecule has 1 aliphatic rings. The molecule has 32 heavy (non-hydrogen) atoms. The van der Waals surface area contributed by atoms with Crippen molar-refractivity contribution in [1.82, 2.24) is 19.7 Å². The Hall–Kier alpha value is -3.56. The third kappa shape index (κ3) is 2.78. The molecular formula is C22H19F4N5O. The van der Waals surface area contributed by atoms with Crippen LogP contribution in [0.25, 0.3) is 27.7 Å². The third-order valence-corrected chi connectivity index (χ3v) is 5.72. The SMILES string of the molecule is COc1cc2c(c(F)c1-c1cccc3[nH]c(C(F)(F)F)cc13)-n1c(C)nnc1C(C)(C)N2. The van der Waals surface area contributed by atoms with Gasteiger partial charge in [0.1, 0.15) is 23.0 Å². The second kappa shape index (κ2) is 6.47. The minimum absolute atomic E-state index is 0.0603. The number of aromatic nitrogens is 4. The summed E-state index contributed by atoms with van der Waals surface area (Å²) in [6, 6.07) is 7.30. The molecule has 10 heteroatoms. The number of alkyl halides is 3. The van der Waals surface area contributed by atoms with Crippen LogP contribution in [0.1, 0.15) is 31.2 Å². The molecule has 1 aliphatic heterocycles. The number of ether oxygens (including phenoxy) is 1. The predicted octanol–water partition coefficient (Wildman–Crippen LogP) is 5.55. The molecular weight excluding hydrogens is 426 g/mol. The van der Waals surface area contributed by atoms with Gasteiger partial charge in [0, 0.05) is 17.0 Å². The van der Waals surface area contributed by atoms with Crippen LogP contribution in [0, 0.1) is 12.7 Å². The molecule has 2 aromatic heterocycles. The number of hydrogen-bond donors (Lipinski definition) is 2. The fourth-order valence-electron chi connectivity index (χ4n) is 4.30. The number of H-pyrrole nitrogens is 1. The van der Waals surface area contributed by atoms with Crippen molar-refractivity contribution in [3.8, 4) is 22.6 Å². The Morgan fingerprint density at radius 1 is 1.12 bits per heavy atom. The molecule has 4 aromatic rings. The van der Waals surface area contributed by atoms with Gasteiger partial charge in [-0.2, -0.15) is 13.2 Å². The normalized spacial score (nSPS) is 14.8. The molecule has 2 N–H and O–H groups in total. The fourth-order valence-corrected chi connectivity index (χ4v) is 4.30. The van der Waals surface area contributed by atoms with Crippen molar-refractivity contribution in [2.45, 2.75) is 32.5 Å². The van der Waals surface area contributed by atoms with Crippen molar-refractivity contribution in [2.24, 2.45) is 0 Å². The molecule has 0 unspecified atom stereocenters. The van der Waals surface area contributed by atoms with E-state index < -0.39 is 23.2 Å². The first-order valence-electron chi connectivity index (χ1n) is 9.84. The highest BCUT2D eigenvalue weighted by molar-refractivity contribution is 5.98. The van der Waals surface area contributed by atoms with Gasteiger partial charge in [-0.15, -0.1) is 10.2 Å². The van der Waals surface area contributed by atoms with Crippen LogP contribution >= 0.6 is 0 Å². The average Bonchev–Trinajstić information content (AvgIpc) is 3.32. The first-order valence-corrected chi connectivity index (χ1v) is 9.84. The number of benzene rings is 2. The van der Waals surface area contributed by atoms with Gasteiger partial charge in [-0.3, -0.25) is 4.57 Å². The second-order valence-electron chi connectivity index (χ2n) is 8.27. The molecule has 0 fully saturated rings. The van der Waals surface area contributed by atoms with E-state index in [0.29, 0.717) is 17.3 Å². The fraction of sp³-hybridized carbons (Fsp3) is 0.273. The number of fused-ring (bicyclic) bond motifs is 4. The molecule has 0 bridgehead atoms. The van der Waals surface area contributed by atoms with Crippen molar-refractivity contribution in [3.63, 3.8) is 0 Å². The highest BCUT2D eigenvalue weighted by atomic mass is 19.4. The van der Waals surface area contributed by atoms with Crippen LogP contribution in [0.3, 0.4) is 0 Å². The van der Waals surface area contributed by atoms with Crippen molar-refractivity contribution in [1.29, 1.82) is 0 Å². The molecule has 0 aliphatic carbocycles. The van der Waals surface area contributed by atoms with E-state index in [1.165, 1.54) is 13.2 Å². The lowest BCUT2D eigenvalue weighted by molar-refractivity contribution is -0.140. The monoisotopic (exact) mass is 445 g/mol.